The Balaban J connectivity index is 1.36. The van der Waals surface area contributed by atoms with Gasteiger partial charge in [0.2, 0.25) is 5.89 Å². The van der Waals surface area contributed by atoms with Crippen molar-refractivity contribution in [3.63, 3.8) is 0 Å². The summed E-state index contributed by atoms with van der Waals surface area (Å²) in [5.74, 6) is -0.802. The van der Waals surface area contributed by atoms with Crippen LogP contribution in [0.2, 0.25) is 0 Å². The zero-order valence-corrected chi connectivity index (χ0v) is 20.3. The van der Waals surface area contributed by atoms with Crippen LogP contribution in [0.3, 0.4) is 0 Å². The van der Waals surface area contributed by atoms with Crippen LogP contribution < -0.4 is 20.7 Å². The molecule has 0 bridgehead atoms. The first-order valence-corrected chi connectivity index (χ1v) is 12.5. The Bertz CT molecular complexity index is 1330. The number of rotatable bonds is 6. The lowest BCUT2D eigenvalue weighted by Gasteiger charge is -2.41. The number of ether oxygens (including phenoxy) is 1. The molecule has 1 aromatic carbocycles. The summed E-state index contributed by atoms with van der Waals surface area (Å²) in [5.41, 5.74) is 5.71. The molecule has 3 fully saturated rings. The van der Waals surface area contributed by atoms with Crippen LogP contribution in [-0.4, -0.2) is 70.4 Å². The monoisotopic (exact) mass is 529 g/mol. The number of hydrogen-bond donors (Lipinski definition) is 2. The predicted molar refractivity (Wildman–Crippen MR) is 131 cm³/mol. The summed E-state index contributed by atoms with van der Waals surface area (Å²) in [7, 11) is 0. The minimum atomic E-state index is -4.72. The SMILES string of the molecule is N[C@@H]1CCN2CCN(c3c(NC(=O)c4coc(-c5ccnnc5)n4)ccc(OC4CC4)c3C(F)(F)F)C[C@@H]12. The van der Waals surface area contributed by atoms with Gasteiger partial charge in [0.1, 0.15) is 17.6 Å². The highest BCUT2D eigenvalue weighted by Crippen LogP contribution is 2.48. The molecule has 1 saturated carbocycles. The van der Waals surface area contributed by atoms with Crippen molar-refractivity contribution in [3.8, 4) is 17.2 Å². The van der Waals surface area contributed by atoms with E-state index in [-0.39, 0.29) is 46.9 Å². The maximum absolute atomic E-state index is 14.6. The molecule has 13 heteroatoms. The fraction of sp³-hybridized carbons (Fsp3) is 0.440. The molecule has 2 aromatic heterocycles. The van der Waals surface area contributed by atoms with Crippen molar-refractivity contribution in [2.75, 3.05) is 36.4 Å². The minimum Gasteiger partial charge on any atom is -0.490 e. The molecule has 0 unspecified atom stereocenters. The van der Waals surface area contributed by atoms with E-state index < -0.39 is 17.6 Å². The summed E-state index contributed by atoms with van der Waals surface area (Å²) in [4.78, 5) is 21.2. The first-order chi connectivity index (χ1) is 18.3. The second-order valence-corrected chi connectivity index (χ2v) is 9.77. The van der Waals surface area contributed by atoms with Gasteiger partial charge >= 0.3 is 6.18 Å². The predicted octanol–water partition coefficient (Wildman–Crippen LogP) is 3.17. The first-order valence-electron chi connectivity index (χ1n) is 12.5. The Morgan fingerprint density at radius 3 is 2.71 bits per heavy atom. The van der Waals surface area contributed by atoms with E-state index in [1.165, 1.54) is 24.5 Å². The number of carbonyl (C=O) groups is 1. The Morgan fingerprint density at radius 1 is 1.13 bits per heavy atom. The quantitative estimate of drug-likeness (QED) is 0.496. The van der Waals surface area contributed by atoms with Crippen LogP contribution in [-0.2, 0) is 6.18 Å². The van der Waals surface area contributed by atoms with Gasteiger partial charge in [0.05, 0.1) is 35.4 Å². The van der Waals surface area contributed by atoms with Gasteiger partial charge in [-0.15, -0.1) is 0 Å². The number of alkyl halides is 3. The van der Waals surface area contributed by atoms with E-state index in [4.69, 9.17) is 14.9 Å². The van der Waals surface area contributed by atoms with Crippen molar-refractivity contribution in [1.82, 2.24) is 20.1 Å². The minimum absolute atomic E-state index is 0.0145. The number of hydrogen-bond acceptors (Lipinski definition) is 9. The van der Waals surface area contributed by atoms with Crippen molar-refractivity contribution in [3.05, 3.63) is 48.1 Å². The van der Waals surface area contributed by atoms with Gasteiger partial charge in [-0.1, -0.05) is 0 Å². The third-order valence-corrected chi connectivity index (χ3v) is 7.15. The van der Waals surface area contributed by atoms with Crippen LogP contribution in [0.5, 0.6) is 5.75 Å². The van der Waals surface area contributed by atoms with E-state index in [0.717, 1.165) is 19.2 Å². The van der Waals surface area contributed by atoms with Gasteiger partial charge in [0.15, 0.2) is 5.69 Å². The average molecular weight is 530 g/mol. The van der Waals surface area contributed by atoms with Crippen LogP contribution in [0.1, 0.15) is 35.3 Å². The van der Waals surface area contributed by atoms with E-state index >= 15 is 0 Å². The molecule has 3 N–H and O–H groups in total. The summed E-state index contributed by atoms with van der Waals surface area (Å²) >= 11 is 0. The third kappa shape index (κ3) is 4.78. The first kappa shape index (κ1) is 24.6. The molecular weight excluding hydrogens is 503 g/mol. The zero-order chi connectivity index (χ0) is 26.4. The van der Waals surface area contributed by atoms with Crippen molar-refractivity contribution < 1.29 is 27.1 Å². The maximum atomic E-state index is 14.6. The molecule has 2 saturated heterocycles. The Kier molecular flexibility index (Phi) is 6.19. The highest BCUT2D eigenvalue weighted by atomic mass is 19.4. The van der Waals surface area contributed by atoms with Gasteiger partial charge < -0.3 is 25.1 Å². The van der Waals surface area contributed by atoms with Crippen LogP contribution in [0, 0.1) is 0 Å². The topological polar surface area (TPSA) is 123 Å². The normalized spacial score (nSPS) is 21.8. The number of carbonyl (C=O) groups excluding carboxylic acids is 1. The number of nitrogens with two attached hydrogens (primary N) is 1. The Labute approximate surface area is 216 Å². The molecule has 38 heavy (non-hydrogen) atoms. The number of nitrogens with zero attached hydrogens (tertiary/aromatic N) is 5. The molecule has 10 nitrogen and oxygen atoms in total. The number of fused-ring (bicyclic) bond motifs is 1. The van der Waals surface area contributed by atoms with Crippen LogP contribution in [0.25, 0.3) is 11.5 Å². The average Bonchev–Trinajstić information content (AvgIpc) is 3.43. The van der Waals surface area contributed by atoms with Gasteiger partial charge in [-0.2, -0.15) is 23.4 Å². The molecule has 2 aliphatic heterocycles. The number of benzene rings is 1. The summed E-state index contributed by atoms with van der Waals surface area (Å²) in [6, 6.07) is 4.13. The summed E-state index contributed by atoms with van der Waals surface area (Å²) in [5, 5.41) is 10.1. The fourth-order valence-corrected chi connectivity index (χ4v) is 5.10. The van der Waals surface area contributed by atoms with Crippen molar-refractivity contribution in [1.29, 1.82) is 0 Å². The lowest BCUT2D eigenvalue weighted by molar-refractivity contribution is -0.138. The lowest BCUT2D eigenvalue weighted by Crippen LogP contribution is -2.55. The lowest BCUT2D eigenvalue weighted by atomic mass is 10.0. The fourth-order valence-electron chi connectivity index (χ4n) is 5.10. The zero-order valence-electron chi connectivity index (χ0n) is 20.3. The van der Waals surface area contributed by atoms with Crippen LogP contribution >= 0.6 is 0 Å². The number of piperazine rings is 1. The number of halogens is 3. The van der Waals surface area contributed by atoms with Gasteiger partial charge in [-0.3, -0.25) is 9.69 Å². The van der Waals surface area contributed by atoms with Crippen molar-refractivity contribution in [2.24, 2.45) is 5.73 Å². The highest BCUT2D eigenvalue weighted by molar-refractivity contribution is 6.05. The van der Waals surface area contributed by atoms with E-state index in [1.807, 2.05) is 0 Å². The highest BCUT2D eigenvalue weighted by Gasteiger charge is 2.44. The van der Waals surface area contributed by atoms with Gasteiger partial charge in [0, 0.05) is 38.3 Å². The second kappa shape index (κ2) is 9.55. The van der Waals surface area contributed by atoms with E-state index in [1.54, 1.807) is 11.0 Å². The number of oxazole rings is 1. The maximum Gasteiger partial charge on any atom is 0.422 e. The number of nitrogens with one attached hydrogen (secondary N) is 1. The number of amides is 1. The number of anilines is 2. The van der Waals surface area contributed by atoms with Crippen molar-refractivity contribution in [2.45, 2.75) is 43.6 Å². The molecule has 6 rings (SSSR count). The molecule has 3 aliphatic rings. The molecular formula is C25H26F3N7O3. The number of aromatic nitrogens is 3. The molecule has 0 radical (unpaired) electrons. The molecule has 1 amide bonds. The van der Waals surface area contributed by atoms with E-state index in [2.05, 4.69) is 25.4 Å². The van der Waals surface area contributed by atoms with Crippen LogP contribution in [0.4, 0.5) is 24.5 Å². The molecule has 3 aromatic rings. The van der Waals surface area contributed by atoms with Crippen LogP contribution in [0.15, 0.2) is 41.3 Å². The Morgan fingerprint density at radius 2 is 1.97 bits per heavy atom. The second-order valence-electron chi connectivity index (χ2n) is 9.77. The largest absolute Gasteiger partial charge is 0.490 e. The third-order valence-electron chi connectivity index (χ3n) is 7.15. The summed E-state index contributed by atoms with van der Waals surface area (Å²) < 4.78 is 54.9. The summed E-state index contributed by atoms with van der Waals surface area (Å²) in [6.45, 7) is 2.06. The standard InChI is InChI=1S/C25H26F3N7O3/c26-25(27,28)21-20(38-15-1-2-15)4-3-17(22(21)35-10-9-34-8-6-16(29)19(34)12-35)32-23(36)18-13-37-24(33-18)14-5-7-30-31-11-14/h3-5,7,11,13,15-16,19H,1-2,6,8-10,12,29H2,(H,32,36)/t16-,19+/m1/s1. The molecule has 200 valence electrons. The van der Waals surface area contributed by atoms with Gasteiger partial charge in [-0.25, -0.2) is 4.98 Å². The molecule has 4 heterocycles. The van der Waals surface area contributed by atoms with E-state index in [9.17, 15) is 18.0 Å². The van der Waals surface area contributed by atoms with E-state index in [0.29, 0.717) is 38.0 Å². The molecule has 2 atom stereocenters. The molecule has 1 aliphatic carbocycles. The summed E-state index contributed by atoms with van der Waals surface area (Å²) in [6.07, 6.45) is 1.28. The van der Waals surface area contributed by atoms with Gasteiger partial charge in [0.25, 0.3) is 5.91 Å². The smallest absolute Gasteiger partial charge is 0.422 e. The Hall–Kier alpha value is -3.71. The van der Waals surface area contributed by atoms with Gasteiger partial charge in [-0.05, 0) is 37.5 Å². The van der Waals surface area contributed by atoms with Crippen molar-refractivity contribution >= 4 is 17.3 Å². The molecule has 0 spiro atoms.